The van der Waals surface area contributed by atoms with Crippen LogP contribution in [0.5, 0.6) is 0 Å². The number of nitrogens with one attached hydrogen (secondary N) is 2. The topological polar surface area (TPSA) is 64.3 Å². The van der Waals surface area contributed by atoms with E-state index in [-0.39, 0.29) is 17.8 Å². The maximum absolute atomic E-state index is 14.0. The largest absolute Gasteiger partial charge is 0.369 e. The number of aromatic nitrogens is 2. The standard InChI is InChI=1S/C23H28FN5O/c1-16(18-15-17(24)7-8-21(18)29-13-11-28(2)12-14-29)25-23(30)10-9-22-26-19-5-3-4-6-20(19)27-22/h3-8,15-16H,9-14H2,1-2H3,(H,25,30)(H,26,27). The lowest BCUT2D eigenvalue weighted by Crippen LogP contribution is -2.45. The molecule has 6 nitrogen and oxygen atoms in total. The first-order valence-corrected chi connectivity index (χ1v) is 10.5. The lowest BCUT2D eigenvalue weighted by Gasteiger charge is -2.36. The molecule has 0 radical (unpaired) electrons. The number of amides is 1. The zero-order valence-electron chi connectivity index (χ0n) is 17.5. The van der Waals surface area contributed by atoms with Crippen molar-refractivity contribution in [3.05, 3.63) is 59.7 Å². The van der Waals surface area contributed by atoms with Crippen LogP contribution in [0.2, 0.25) is 0 Å². The molecule has 1 aliphatic heterocycles. The van der Waals surface area contributed by atoms with Gasteiger partial charge in [-0.1, -0.05) is 12.1 Å². The van der Waals surface area contributed by atoms with Crippen LogP contribution in [0.3, 0.4) is 0 Å². The number of likely N-dealkylation sites (N-methyl/N-ethyl adjacent to an activating group) is 1. The van der Waals surface area contributed by atoms with Crippen molar-refractivity contribution in [3.63, 3.8) is 0 Å². The number of anilines is 1. The van der Waals surface area contributed by atoms with E-state index in [1.165, 1.54) is 12.1 Å². The Morgan fingerprint density at radius 2 is 1.97 bits per heavy atom. The van der Waals surface area contributed by atoms with Crippen LogP contribution in [-0.4, -0.2) is 54.0 Å². The number of fused-ring (bicyclic) bond motifs is 1. The minimum absolute atomic E-state index is 0.0726. The van der Waals surface area contributed by atoms with Crippen LogP contribution in [0.4, 0.5) is 10.1 Å². The predicted octanol–water partition coefficient (Wildman–Crippen LogP) is 3.26. The summed E-state index contributed by atoms with van der Waals surface area (Å²) in [4.78, 5) is 24.9. The van der Waals surface area contributed by atoms with E-state index in [0.29, 0.717) is 12.8 Å². The molecular weight excluding hydrogens is 381 g/mol. The van der Waals surface area contributed by atoms with Gasteiger partial charge in [-0.2, -0.15) is 0 Å². The fourth-order valence-corrected chi connectivity index (χ4v) is 3.95. The third kappa shape index (κ3) is 4.62. The summed E-state index contributed by atoms with van der Waals surface area (Å²) in [5.74, 6) is 0.436. The normalized spacial score (nSPS) is 16.0. The predicted molar refractivity (Wildman–Crippen MR) is 117 cm³/mol. The van der Waals surface area contributed by atoms with Crippen LogP contribution in [0.15, 0.2) is 42.5 Å². The molecule has 0 spiro atoms. The van der Waals surface area contributed by atoms with Crippen molar-refractivity contribution >= 4 is 22.6 Å². The highest BCUT2D eigenvalue weighted by Crippen LogP contribution is 2.28. The monoisotopic (exact) mass is 409 g/mol. The maximum atomic E-state index is 14.0. The molecule has 0 bridgehead atoms. The smallest absolute Gasteiger partial charge is 0.220 e. The number of rotatable bonds is 6. The molecule has 3 aromatic rings. The van der Waals surface area contributed by atoms with Gasteiger partial charge in [0.2, 0.25) is 5.91 Å². The van der Waals surface area contributed by atoms with Gasteiger partial charge in [0.25, 0.3) is 0 Å². The summed E-state index contributed by atoms with van der Waals surface area (Å²) in [5.41, 5.74) is 3.68. The van der Waals surface area contributed by atoms with Crippen LogP contribution in [0.25, 0.3) is 11.0 Å². The second-order valence-corrected chi connectivity index (χ2v) is 7.98. The molecule has 1 amide bonds. The Labute approximate surface area is 176 Å². The van der Waals surface area contributed by atoms with Gasteiger partial charge in [0, 0.05) is 50.3 Å². The van der Waals surface area contributed by atoms with Gasteiger partial charge in [0.1, 0.15) is 11.6 Å². The van der Waals surface area contributed by atoms with Crippen LogP contribution in [-0.2, 0) is 11.2 Å². The average Bonchev–Trinajstić information content (AvgIpc) is 3.16. The van der Waals surface area contributed by atoms with E-state index < -0.39 is 0 Å². The average molecular weight is 410 g/mol. The molecule has 2 aromatic carbocycles. The van der Waals surface area contributed by atoms with Crippen molar-refractivity contribution in [2.75, 3.05) is 38.1 Å². The van der Waals surface area contributed by atoms with Crippen LogP contribution in [0.1, 0.15) is 30.8 Å². The first kappa shape index (κ1) is 20.3. The molecule has 30 heavy (non-hydrogen) atoms. The summed E-state index contributed by atoms with van der Waals surface area (Å²) in [7, 11) is 2.10. The fraction of sp³-hybridized carbons (Fsp3) is 0.391. The number of H-pyrrole nitrogens is 1. The second kappa shape index (κ2) is 8.83. The van der Waals surface area contributed by atoms with Crippen LogP contribution < -0.4 is 10.2 Å². The molecular formula is C23H28FN5O. The number of carbonyl (C=O) groups is 1. The van der Waals surface area contributed by atoms with Crippen molar-refractivity contribution in [3.8, 4) is 0 Å². The highest BCUT2D eigenvalue weighted by atomic mass is 19.1. The molecule has 0 aliphatic carbocycles. The molecule has 0 saturated carbocycles. The minimum atomic E-state index is -0.286. The van der Waals surface area contributed by atoms with Gasteiger partial charge in [-0.25, -0.2) is 9.37 Å². The Balaban J connectivity index is 1.40. The number of hydrogen-bond donors (Lipinski definition) is 2. The lowest BCUT2D eigenvalue weighted by molar-refractivity contribution is -0.121. The molecule has 1 aromatic heterocycles. The number of nitrogens with zero attached hydrogens (tertiary/aromatic N) is 3. The Hall–Kier alpha value is -2.93. The number of carbonyl (C=O) groups excluding carboxylic acids is 1. The Morgan fingerprint density at radius 1 is 1.20 bits per heavy atom. The molecule has 1 unspecified atom stereocenters. The Morgan fingerprint density at radius 3 is 2.73 bits per heavy atom. The van der Waals surface area contributed by atoms with Crippen LogP contribution >= 0.6 is 0 Å². The molecule has 2 N–H and O–H groups in total. The first-order chi connectivity index (χ1) is 14.5. The molecule has 1 saturated heterocycles. The highest BCUT2D eigenvalue weighted by molar-refractivity contribution is 5.78. The second-order valence-electron chi connectivity index (χ2n) is 7.98. The summed E-state index contributed by atoms with van der Waals surface area (Å²) in [6, 6.07) is 12.4. The Kier molecular flexibility index (Phi) is 5.99. The summed E-state index contributed by atoms with van der Waals surface area (Å²) in [6.07, 6.45) is 0.852. The highest BCUT2D eigenvalue weighted by Gasteiger charge is 2.21. The number of hydrogen-bond acceptors (Lipinski definition) is 4. The number of para-hydroxylation sites is 2. The van der Waals surface area contributed by atoms with Crippen molar-refractivity contribution in [2.45, 2.75) is 25.8 Å². The zero-order valence-corrected chi connectivity index (χ0v) is 17.5. The van der Waals surface area contributed by atoms with E-state index in [4.69, 9.17) is 0 Å². The third-order valence-electron chi connectivity index (χ3n) is 5.70. The van der Waals surface area contributed by atoms with E-state index in [1.54, 1.807) is 0 Å². The van der Waals surface area contributed by atoms with E-state index in [9.17, 15) is 9.18 Å². The molecule has 158 valence electrons. The molecule has 1 atom stereocenters. The minimum Gasteiger partial charge on any atom is -0.369 e. The fourth-order valence-electron chi connectivity index (χ4n) is 3.95. The van der Waals surface area contributed by atoms with Gasteiger partial charge in [0.05, 0.1) is 17.1 Å². The number of aromatic amines is 1. The summed E-state index contributed by atoms with van der Waals surface area (Å²) < 4.78 is 14.0. The molecule has 2 heterocycles. The Bertz CT molecular complexity index is 992. The zero-order chi connectivity index (χ0) is 21.1. The molecule has 1 aliphatic rings. The summed E-state index contributed by atoms with van der Waals surface area (Å²) in [5, 5.41) is 3.03. The maximum Gasteiger partial charge on any atom is 0.220 e. The van der Waals surface area contributed by atoms with Crippen molar-refractivity contribution < 1.29 is 9.18 Å². The number of halogens is 1. The van der Waals surface area contributed by atoms with Crippen molar-refractivity contribution in [2.24, 2.45) is 0 Å². The SMILES string of the molecule is CC(NC(=O)CCc1nc2ccccc2[nH]1)c1cc(F)ccc1N1CCN(C)CC1. The third-order valence-corrected chi connectivity index (χ3v) is 5.70. The van der Waals surface area contributed by atoms with Gasteiger partial charge in [-0.05, 0) is 44.3 Å². The van der Waals surface area contributed by atoms with Gasteiger partial charge in [0.15, 0.2) is 0 Å². The quantitative estimate of drug-likeness (QED) is 0.656. The molecule has 4 rings (SSSR count). The molecule has 7 heteroatoms. The lowest BCUT2D eigenvalue weighted by atomic mass is 10.0. The van der Waals surface area contributed by atoms with E-state index >= 15 is 0 Å². The van der Waals surface area contributed by atoms with Crippen LogP contribution in [0, 0.1) is 5.82 Å². The first-order valence-electron chi connectivity index (χ1n) is 10.5. The van der Waals surface area contributed by atoms with Gasteiger partial charge in [-0.15, -0.1) is 0 Å². The van der Waals surface area contributed by atoms with Gasteiger partial charge in [-0.3, -0.25) is 4.79 Å². The van der Waals surface area contributed by atoms with Crippen molar-refractivity contribution in [1.29, 1.82) is 0 Å². The summed E-state index contributed by atoms with van der Waals surface area (Å²) in [6.45, 7) is 5.63. The van der Waals surface area contributed by atoms with E-state index in [0.717, 1.165) is 54.3 Å². The van der Waals surface area contributed by atoms with Gasteiger partial charge < -0.3 is 20.1 Å². The van der Waals surface area contributed by atoms with E-state index in [1.807, 2.05) is 37.3 Å². The summed E-state index contributed by atoms with van der Waals surface area (Å²) >= 11 is 0. The molecule has 1 fully saturated rings. The number of aryl methyl sites for hydroxylation is 1. The van der Waals surface area contributed by atoms with Crippen molar-refractivity contribution in [1.82, 2.24) is 20.2 Å². The number of benzene rings is 2. The number of piperazine rings is 1. The number of imidazole rings is 1. The van der Waals surface area contributed by atoms with Gasteiger partial charge >= 0.3 is 0 Å². The van der Waals surface area contributed by atoms with E-state index in [2.05, 4.69) is 32.1 Å².